The summed E-state index contributed by atoms with van der Waals surface area (Å²) in [5.41, 5.74) is 3.67. The van der Waals surface area contributed by atoms with E-state index >= 15 is 0 Å². The van der Waals surface area contributed by atoms with Crippen molar-refractivity contribution in [1.29, 1.82) is 5.41 Å². The number of aromatic amines is 1. The van der Waals surface area contributed by atoms with Crippen molar-refractivity contribution < 1.29 is 9.53 Å². The molecule has 3 aromatic rings. The molecule has 0 spiro atoms. The molecule has 1 aliphatic rings. The van der Waals surface area contributed by atoms with Gasteiger partial charge in [0, 0.05) is 62.8 Å². The van der Waals surface area contributed by atoms with Crippen LogP contribution < -0.4 is 15.4 Å². The van der Waals surface area contributed by atoms with E-state index in [1.54, 1.807) is 13.1 Å². The van der Waals surface area contributed by atoms with Crippen LogP contribution in [-0.2, 0) is 4.79 Å². The van der Waals surface area contributed by atoms with E-state index in [4.69, 9.17) is 10.1 Å². The van der Waals surface area contributed by atoms with Gasteiger partial charge in [-0.25, -0.2) is 0 Å². The van der Waals surface area contributed by atoms with E-state index in [1.165, 1.54) is 6.21 Å². The van der Waals surface area contributed by atoms with Crippen molar-refractivity contribution in [3.8, 4) is 22.8 Å². The van der Waals surface area contributed by atoms with Crippen LogP contribution in [0.1, 0.15) is 18.9 Å². The molecule has 1 amide bonds. The summed E-state index contributed by atoms with van der Waals surface area (Å²) in [6.45, 7) is 5.07. The average Bonchev–Trinajstić information content (AvgIpc) is 3.47. The van der Waals surface area contributed by atoms with Crippen LogP contribution in [0.15, 0.2) is 54.7 Å². The Labute approximate surface area is 187 Å². The molecule has 4 N–H and O–H groups in total. The van der Waals surface area contributed by atoms with Gasteiger partial charge >= 0.3 is 0 Å². The first-order chi connectivity index (χ1) is 15.6. The minimum atomic E-state index is 0.0293. The number of ether oxygens (including phenoxy) is 1. The fourth-order valence-corrected chi connectivity index (χ4v) is 3.93. The SMILES string of the molecule is CC(=O)N[C@@H]1CCN(CCNc2ccc(Oc3ccc(-c4ccn[nH]4)cc3)cc2C=N)C1. The molecule has 1 fully saturated rings. The Morgan fingerprint density at radius 1 is 1.25 bits per heavy atom. The van der Waals surface area contributed by atoms with Crippen molar-refractivity contribution in [2.45, 2.75) is 19.4 Å². The normalized spacial score (nSPS) is 16.0. The Kier molecular flexibility index (Phi) is 6.81. The van der Waals surface area contributed by atoms with E-state index in [0.29, 0.717) is 5.75 Å². The number of nitrogens with zero attached hydrogens (tertiary/aromatic N) is 2. The first-order valence-electron chi connectivity index (χ1n) is 10.8. The highest BCUT2D eigenvalue weighted by Gasteiger charge is 2.22. The minimum Gasteiger partial charge on any atom is -0.457 e. The lowest BCUT2D eigenvalue weighted by atomic mass is 10.1. The highest BCUT2D eigenvalue weighted by atomic mass is 16.5. The third-order valence-electron chi connectivity index (χ3n) is 5.50. The Hall–Kier alpha value is -3.65. The lowest BCUT2D eigenvalue weighted by Gasteiger charge is -2.18. The smallest absolute Gasteiger partial charge is 0.217 e. The van der Waals surface area contributed by atoms with Crippen molar-refractivity contribution >= 4 is 17.8 Å². The van der Waals surface area contributed by atoms with Gasteiger partial charge in [0.25, 0.3) is 0 Å². The summed E-state index contributed by atoms with van der Waals surface area (Å²) in [6, 6.07) is 15.7. The fraction of sp³-hybridized carbons (Fsp3) is 0.292. The number of hydrogen-bond donors (Lipinski definition) is 4. The molecule has 8 nitrogen and oxygen atoms in total. The molecule has 4 rings (SSSR count). The number of anilines is 1. The van der Waals surface area contributed by atoms with E-state index in [1.807, 2.05) is 48.5 Å². The second-order valence-corrected chi connectivity index (χ2v) is 7.90. The molecule has 1 atom stereocenters. The number of aromatic nitrogens is 2. The molecule has 2 heterocycles. The molecule has 32 heavy (non-hydrogen) atoms. The monoisotopic (exact) mass is 432 g/mol. The maximum atomic E-state index is 11.2. The highest BCUT2D eigenvalue weighted by Crippen LogP contribution is 2.27. The zero-order valence-corrected chi connectivity index (χ0v) is 18.1. The second-order valence-electron chi connectivity index (χ2n) is 7.90. The number of likely N-dealkylation sites (tertiary alicyclic amines) is 1. The third-order valence-corrected chi connectivity index (χ3v) is 5.50. The number of rotatable bonds is 9. The van der Waals surface area contributed by atoms with Crippen LogP contribution in [0.5, 0.6) is 11.5 Å². The molecular formula is C24H28N6O2. The van der Waals surface area contributed by atoms with E-state index in [-0.39, 0.29) is 11.9 Å². The van der Waals surface area contributed by atoms with Crippen molar-refractivity contribution in [2.24, 2.45) is 0 Å². The molecule has 1 aliphatic heterocycles. The number of nitrogens with one attached hydrogen (secondary N) is 4. The van der Waals surface area contributed by atoms with Crippen LogP contribution in [0.4, 0.5) is 5.69 Å². The van der Waals surface area contributed by atoms with Gasteiger partial charge in [0.2, 0.25) is 5.91 Å². The summed E-state index contributed by atoms with van der Waals surface area (Å²) in [7, 11) is 0. The quantitative estimate of drug-likeness (QED) is 0.387. The summed E-state index contributed by atoms with van der Waals surface area (Å²) >= 11 is 0. The van der Waals surface area contributed by atoms with Gasteiger partial charge < -0.3 is 20.8 Å². The number of hydrogen-bond acceptors (Lipinski definition) is 6. The van der Waals surface area contributed by atoms with Gasteiger partial charge in [-0.3, -0.25) is 14.8 Å². The molecule has 166 valence electrons. The number of carbonyl (C=O) groups is 1. The molecule has 2 aromatic carbocycles. The van der Waals surface area contributed by atoms with Crippen LogP contribution in [0, 0.1) is 5.41 Å². The molecular weight excluding hydrogens is 404 g/mol. The summed E-state index contributed by atoms with van der Waals surface area (Å²) in [5.74, 6) is 1.44. The minimum absolute atomic E-state index is 0.0293. The van der Waals surface area contributed by atoms with Gasteiger partial charge in [-0.05, 0) is 60.5 Å². The second kappa shape index (κ2) is 10.1. The van der Waals surface area contributed by atoms with E-state index in [2.05, 4.69) is 25.7 Å². The van der Waals surface area contributed by atoms with E-state index in [0.717, 1.165) is 60.9 Å². The predicted molar refractivity (Wildman–Crippen MR) is 126 cm³/mol. The predicted octanol–water partition coefficient (Wildman–Crippen LogP) is 3.49. The third kappa shape index (κ3) is 5.53. The summed E-state index contributed by atoms with van der Waals surface area (Å²) in [4.78, 5) is 13.5. The average molecular weight is 433 g/mol. The Bertz CT molecular complexity index is 1050. The molecule has 0 unspecified atom stereocenters. The van der Waals surface area contributed by atoms with Gasteiger partial charge in [0.15, 0.2) is 0 Å². The summed E-state index contributed by atoms with van der Waals surface area (Å²) < 4.78 is 5.98. The number of H-pyrrole nitrogens is 1. The van der Waals surface area contributed by atoms with Crippen LogP contribution in [0.2, 0.25) is 0 Å². The molecule has 0 aliphatic carbocycles. The molecule has 1 aromatic heterocycles. The van der Waals surface area contributed by atoms with Crippen molar-refractivity contribution in [2.75, 3.05) is 31.5 Å². The first-order valence-corrected chi connectivity index (χ1v) is 10.8. The number of carbonyl (C=O) groups excluding carboxylic acids is 1. The maximum absolute atomic E-state index is 11.2. The largest absolute Gasteiger partial charge is 0.457 e. The van der Waals surface area contributed by atoms with Gasteiger partial charge in [-0.15, -0.1) is 0 Å². The Balaban J connectivity index is 1.31. The van der Waals surface area contributed by atoms with Gasteiger partial charge in [0.1, 0.15) is 11.5 Å². The fourth-order valence-electron chi connectivity index (χ4n) is 3.93. The zero-order chi connectivity index (χ0) is 22.3. The van der Waals surface area contributed by atoms with Crippen molar-refractivity contribution in [1.82, 2.24) is 20.4 Å². The summed E-state index contributed by atoms with van der Waals surface area (Å²) in [5, 5.41) is 21.1. The Morgan fingerprint density at radius 3 is 2.78 bits per heavy atom. The Morgan fingerprint density at radius 2 is 2.06 bits per heavy atom. The lowest BCUT2D eigenvalue weighted by molar-refractivity contribution is -0.119. The molecule has 1 saturated heterocycles. The molecule has 0 saturated carbocycles. The van der Waals surface area contributed by atoms with E-state index < -0.39 is 0 Å². The van der Waals surface area contributed by atoms with E-state index in [9.17, 15) is 4.79 Å². The first kappa shape index (κ1) is 21.6. The molecule has 8 heteroatoms. The topological polar surface area (TPSA) is 106 Å². The standard InChI is InChI=1S/C24H28N6O2/c1-17(31)28-20-9-12-30(16-20)13-11-26-23-7-6-22(14-19(23)15-25)32-21-4-2-18(3-5-21)24-8-10-27-29-24/h2-8,10,14-15,20,25-26H,9,11-13,16H2,1H3,(H,27,29)(H,28,31)/t20-/m1/s1. The maximum Gasteiger partial charge on any atom is 0.217 e. The van der Waals surface area contributed by atoms with Crippen LogP contribution in [0.25, 0.3) is 11.3 Å². The summed E-state index contributed by atoms with van der Waals surface area (Å²) in [6.07, 6.45) is 4.04. The van der Waals surface area contributed by atoms with Gasteiger partial charge in [-0.1, -0.05) is 0 Å². The molecule has 0 radical (unpaired) electrons. The zero-order valence-electron chi connectivity index (χ0n) is 18.1. The number of benzene rings is 2. The molecule has 0 bridgehead atoms. The van der Waals surface area contributed by atoms with Crippen molar-refractivity contribution in [3.05, 3.63) is 60.3 Å². The number of amides is 1. The highest BCUT2D eigenvalue weighted by molar-refractivity contribution is 5.86. The van der Waals surface area contributed by atoms with Crippen LogP contribution >= 0.6 is 0 Å². The van der Waals surface area contributed by atoms with Crippen LogP contribution in [0.3, 0.4) is 0 Å². The van der Waals surface area contributed by atoms with Gasteiger partial charge in [0.05, 0.1) is 5.69 Å². The lowest BCUT2D eigenvalue weighted by Crippen LogP contribution is -2.36. The van der Waals surface area contributed by atoms with Gasteiger partial charge in [-0.2, -0.15) is 5.10 Å². The van der Waals surface area contributed by atoms with Crippen LogP contribution in [-0.4, -0.2) is 59.4 Å². The van der Waals surface area contributed by atoms with Crippen molar-refractivity contribution in [3.63, 3.8) is 0 Å².